The summed E-state index contributed by atoms with van der Waals surface area (Å²) in [5.41, 5.74) is 0. The number of aliphatic hydroxyl groups excluding tert-OH is 3. The van der Waals surface area contributed by atoms with Gasteiger partial charge < -0.3 is 39.4 Å². The highest BCUT2D eigenvalue weighted by Gasteiger charge is 2.47. The molecule has 0 bridgehead atoms. The summed E-state index contributed by atoms with van der Waals surface area (Å²) in [6, 6.07) is 0. The summed E-state index contributed by atoms with van der Waals surface area (Å²) in [6.45, 7) is 3.78. The first-order valence-corrected chi connectivity index (χ1v) is 22.4. The number of carboxylic acid groups (broad SMARTS) is 1. The molecule has 1 saturated heterocycles. The molecule has 0 aromatic rings. The minimum atomic E-state index is -1.86. The van der Waals surface area contributed by atoms with Crippen LogP contribution in [0.1, 0.15) is 194 Å². The zero-order chi connectivity index (χ0) is 41.1. The van der Waals surface area contributed by atoms with Gasteiger partial charge in [0.25, 0.3) is 0 Å². The van der Waals surface area contributed by atoms with Crippen LogP contribution in [0.25, 0.3) is 0 Å². The highest BCUT2D eigenvalue weighted by molar-refractivity contribution is 5.73. The van der Waals surface area contributed by atoms with Crippen molar-refractivity contribution in [2.24, 2.45) is 0 Å². The van der Waals surface area contributed by atoms with Gasteiger partial charge in [-0.2, -0.15) is 0 Å². The van der Waals surface area contributed by atoms with Gasteiger partial charge in [-0.1, -0.05) is 141 Å². The predicted octanol–water partition coefficient (Wildman–Crippen LogP) is 9.43. The van der Waals surface area contributed by atoms with E-state index in [1.54, 1.807) is 0 Å². The van der Waals surface area contributed by atoms with Crippen LogP contribution in [0.3, 0.4) is 0 Å². The number of carbonyl (C=O) groups excluding carboxylic acids is 2. The number of carboxylic acids is 1. The van der Waals surface area contributed by atoms with Crippen molar-refractivity contribution in [3.8, 4) is 0 Å². The molecule has 4 N–H and O–H groups in total. The Morgan fingerprint density at radius 3 is 1.41 bits per heavy atom. The molecule has 6 unspecified atom stereocenters. The van der Waals surface area contributed by atoms with Crippen LogP contribution in [0.15, 0.2) is 24.3 Å². The van der Waals surface area contributed by atoms with E-state index >= 15 is 0 Å². The van der Waals surface area contributed by atoms with Crippen LogP contribution in [0, 0.1) is 0 Å². The van der Waals surface area contributed by atoms with Gasteiger partial charge in [0.2, 0.25) is 0 Å². The van der Waals surface area contributed by atoms with Crippen molar-refractivity contribution in [1.82, 2.24) is 0 Å². The van der Waals surface area contributed by atoms with E-state index in [0.29, 0.717) is 12.8 Å². The summed E-state index contributed by atoms with van der Waals surface area (Å²) in [5, 5.41) is 39.8. The van der Waals surface area contributed by atoms with Gasteiger partial charge in [-0.05, 0) is 64.2 Å². The second-order valence-corrected chi connectivity index (χ2v) is 15.5. The van der Waals surface area contributed by atoms with Crippen LogP contribution in [0.2, 0.25) is 0 Å². The first kappa shape index (κ1) is 51.7. The molecule has 0 aromatic heterocycles. The monoisotopic (exact) mass is 797 g/mol. The topological polar surface area (TPSA) is 169 Å². The molecule has 56 heavy (non-hydrogen) atoms. The van der Waals surface area contributed by atoms with Crippen molar-refractivity contribution in [2.45, 2.75) is 230 Å². The second kappa shape index (κ2) is 35.8. The molecule has 6 atom stereocenters. The van der Waals surface area contributed by atoms with Crippen LogP contribution in [-0.4, -0.2) is 88.4 Å². The van der Waals surface area contributed by atoms with Crippen LogP contribution in [-0.2, 0) is 33.3 Å². The lowest BCUT2D eigenvalue weighted by atomic mass is 9.99. The third-order valence-corrected chi connectivity index (χ3v) is 10.3. The maximum atomic E-state index is 12.7. The van der Waals surface area contributed by atoms with Gasteiger partial charge in [-0.25, -0.2) is 4.79 Å². The van der Waals surface area contributed by atoms with E-state index in [0.717, 1.165) is 64.2 Å². The third kappa shape index (κ3) is 27.3. The zero-order valence-corrected chi connectivity index (χ0v) is 35.1. The molecule has 11 nitrogen and oxygen atoms in total. The Morgan fingerprint density at radius 2 is 0.946 bits per heavy atom. The van der Waals surface area contributed by atoms with Crippen molar-refractivity contribution < 1.29 is 53.8 Å². The van der Waals surface area contributed by atoms with Crippen LogP contribution < -0.4 is 0 Å². The number of aliphatic carboxylic acids is 1. The Labute approximate surface area is 339 Å². The maximum absolute atomic E-state index is 12.7. The van der Waals surface area contributed by atoms with E-state index in [4.69, 9.17) is 18.9 Å². The Balaban J connectivity index is 2.37. The summed E-state index contributed by atoms with van der Waals surface area (Å²) < 4.78 is 21.7. The molecule has 0 amide bonds. The Morgan fingerprint density at radius 1 is 0.536 bits per heavy atom. The average molecular weight is 797 g/mol. The number of hydrogen-bond donors (Lipinski definition) is 4. The number of rotatable bonds is 37. The minimum Gasteiger partial charge on any atom is -0.479 e. The van der Waals surface area contributed by atoms with Crippen molar-refractivity contribution in [1.29, 1.82) is 0 Å². The maximum Gasteiger partial charge on any atom is 0.335 e. The zero-order valence-electron chi connectivity index (χ0n) is 35.1. The minimum absolute atomic E-state index is 0.173. The number of allylic oxidation sites excluding steroid dienone is 4. The molecular formula is C45H80O11. The highest BCUT2D eigenvalue weighted by Crippen LogP contribution is 2.23. The quantitative estimate of drug-likeness (QED) is 0.0268. The summed E-state index contributed by atoms with van der Waals surface area (Å²) in [6.07, 6.45) is 29.4. The molecule has 1 rings (SSSR count). The van der Waals surface area contributed by atoms with E-state index in [-0.39, 0.29) is 19.4 Å². The number of esters is 2. The van der Waals surface area contributed by atoms with Crippen molar-refractivity contribution >= 4 is 17.9 Å². The smallest absolute Gasteiger partial charge is 0.335 e. The van der Waals surface area contributed by atoms with Gasteiger partial charge in [-0.15, -0.1) is 0 Å². The summed E-state index contributed by atoms with van der Waals surface area (Å²) in [7, 11) is 0. The molecule has 0 saturated carbocycles. The fourth-order valence-corrected chi connectivity index (χ4v) is 6.69. The summed E-state index contributed by atoms with van der Waals surface area (Å²) >= 11 is 0. The molecule has 1 aliphatic rings. The second-order valence-electron chi connectivity index (χ2n) is 15.5. The largest absolute Gasteiger partial charge is 0.479 e. The van der Waals surface area contributed by atoms with E-state index in [2.05, 4.69) is 38.2 Å². The number of aliphatic hydroxyl groups is 3. The lowest BCUT2D eigenvalue weighted by molar-refractivity contribution is -0.298. The van der Waals surface area contributed by atoms with E-state index in [9.17, 15) is 34.8 Å². The number of unbranched alkanes of at least 4 members (excludes halogenated alkanes) is 22. The Bertz CT molecular complexity index is 1030. The van der Waals surface area contributed by atoms with Gasteiger partial charge in [0.05, 0.1) is 6.61 Å². The lowest BCUT2D eigenvalue weighted by Gasteiger charge is -2.38. The van der Waals surface area contributed by atoms with Gasteiger partial charge >= 0.3 is 17.9 Å². The molecule has 1 fully saturated rings. The molecule has 0 spiro atoms. The van der Waals surface area contributed by atoms with E-state index in [1.807, 2.05) is 0 Å². The van der Waals surface area contributed by atoms with Crippen molar-refractivity contribution in [3.63, 3.8) is 0 Å². The molecule has 326 valence electrons. The Kier molecular flexibility index (Phi) is 33.1. The number of carbonyl (C=O) groups is 3. The molecule has 0 aliphatic carbocycles. The van der Waals surface area contributed by atoms with Crippen molar-refractivity contribution in [3.05, 3.63) is 24.3 Å². The molecular weight excluding hydrogens is 716 g/mol. The first-order valence-electron chi connectivity index (χ1n) is 22.4. The van der Waals surface area contributed by atoms with Crippen LogP contribution in [0.4, 0.5) is 0 Å². The van der Waals surface area contributed by atoms with Gasteiger partial charge in [0.1, 0.15) is 24.9 Å². The van der Waals surface area contributed by atoms with Gasteiger partial charge in [0.15, 0.2) is 18.5 Å². The Hall–Kier alpha value is -2.31. The molecule has 0 radical (unpaired) electrons. The first-order chi connectivity index (χ1) is 27.2. The van der Waals surface area contributed by atoms with Crippen LogP contribution >= 0.6 is 0 Å². The van der Waals surface area contributed by atoms with E-state index in [1.165, 1.54) is 89.9 Å². The highest BCUT2D eigenvalue weighted by atomic mass is 16.7. The summed E-state index contributed by atoms with van der Waals surface area (Å²) in [4.78, 5) is 36.8. The van der Waals surface area contributed by atoms with E-state index < -0.39 is 61.3 Å². The number of hydrogen-bond acceptors (Lipinski definition) is 10. The fourth-order valence-electron chi connectivity index (χ4n) is 6.69. The SMILES string of the molecule is CCCCCC/C=C\CCCCCCCC(=O)OC(COC(=O)CCCCCCCCC/C=C\CCCCCCCC)COC1OC(C(=O)O)C(O)C(O)C1O. The van der Waals surface area contributed by atoms with Gasteiger partial charge in [-0.3, -0.25) is 9.59 Å². The molecule has 11 heteroatoms. The van der Waals surface area contributed by atoms with Gasteiger partial charge in [0, 0.05) is 12.8 Å². The number of ether oxygens (including phenoxy) is 4. The third-order valence-electron chi connectivity index (χ3n) is 10.3. The molecule has 0 aromatic carbocycles. The van der Waals surface area contributed by atoms with Crippen molar-refractivity contribution in [2.75, 3.05) is 13.2 Å². The standard InChI is InChI=1S/C45H80O11/c1-3-5-7-9-11-13-15-17-18-19-20-22-23-25-27-29-31-33-38(46)53-35-37(36-54-45-42(50)40(48)41(49)43(56-45)44(51)52)55-39(47)34-32-30-28-26-24-21-16-14-12-10-8-6-4-2/h14,16-18,37,40-43,45,48-50H,3-13,15,19-36H2,1-2H3,(H,51,52)/b16-14-,18-17-. The predicted molar refractivity (Wildman–Crippen MR) is 220 cm³/mol. The average Bonchev–Trinajstić information content (AvgIpc) is 3.18. The summed E-state index contributed by atoms with van der Waals surface area (Å²) in [5.74, 6) is -2.46. The molecule has 1 aliphatic heterocycles. The lowest BCUT2D eigenvalue weighted by Crippen LogP contribution is -2.60. The molecule has 1 heterocycles. The van der Waals surface area contributed by atoms with Crippen LogP contribution in [0.5, 0.6) is 0 Å². The normalized spacial score (nSPS) is 20.5. The fraction of sp³-hybridized carbons (Fsp3) is 0.844.